The zero-order valence-electron chi connectivity index (χ0n) is 19.5. The third-order valence-corrected chi connectivity index (χ3v) is 10.4. The molecule has 12 heteroatoms. The summed E-state index contributed by atoms with van der Waals surface area (Å²) in [4.78, 5) is 23.7. The fourth-order valence-electron chi connectivity index (χ4n) is 3.43. The number of hydrogen-bond donors (Lipinski definition) is 4. The van der Waals surface area contributed by atoms with E-state index in [4.69, 9.17) is 16.2 Å². The second kappa shape index (κ2) is 12.0. The zero-order valence-corrected chi connectivity index (χ0v) is 22.8. The lowest BCUT2D eigenvalue weighted by Gasteiger charge is -2.15. The number of aliphatic carboxylic acids is 1. The van der Waals surface area contributed by atoms with Gasteiger partial charge in [-0.15, -0.1) is 23.1 Å². The lowest BCUT2D eigenvalue weighted by Crippen LogP contribution is -2.15. The number of aryl methyl sites for hydroxylation is 1. The second-order valence-electron chi connectivity index (χ2n) is 7.65. The van der Waals surface area contributed by atoms with Gasteiger partial charge in [0.2, 0.25) is 15.7 Å². The number of amidine groups is 1. The minimum Gasteiger partial charge on any atom is -0.481 e. The van der Waals surface area contributed by atoms with Crippen LogP contribution in [-0.4, -0.2) is 49.0 Å². The van der Waals surface area contributed by atoms with E-state index in [0.717, 1.165) is 16.9 Å². The molecule has 190 valence electrons. The summed E-state index contributed by atoms with van der Waals surface area (Å²) in [5.41, 5.74) is 8.28. The van der Waals surface area contributed by atoms with Crippen molar-refractivity contribution in [2.45, 2.75) is 27.3 Å². The van der Waals surface area contributed by atoms with Gasteiger partial charge in [-0.25, -0.2) is 8.42 Å². The van der Waals surface area contributed by atoms with Crippen molar-refractivity contribution >= 4 is 68.1 Å². The maximum Gasteiger partial charge on any atom is 0.304 e. The van der Waals surface area contributed by atoms with Gasteiger partial charge in [0, 0.05) is 17.0 Å². The number of rotatable bonds is 11. The van der Waals surface area contributed by atoms with E-state index in [0.29, 0.717) is 31.7 Å². The molecule has 0 aliphatic rings. The van der Waals surface area contributed by atoms with Crippen LogP contribution in [0.5, 0.6) is 0 Å². The summed E-state index contributed by atoms with van der Waals surface area (Å²) in [5, 5.41) is 19.3. The SMILES string of the molecule is CSc1sc(C(=N)N)cc1S(=O)(=O)c1cccc(-c2c(C)cccc2NC(=O)CSCCC(=O)O)c1. The topological polar surface area (TPSA) is 150 Å². The van der Waals surface area contributed by atoms with Crippen LogP contribution in [0, 0.1) is 12.3 Å². The Morgan fingerprint density at radius 3 is 2.56 bits per heavy atom. The van der Waals surface area contributed by atoms with Gasteiger partial charge in [0.05, 0.1) is 31.1 Å². The Kier molecular flexibility index (Phi) is 9.23. The van der Waals surface area contributed by atoms with Crippen LogP contribution >= 0.6 is 34.9 Å². The van der Waals surface area contributed by atoms with E-state index < -0.39 is 15.8 Å². The van der Waals surface area contributed by atoms with Crippen molar-refractivity contribution in [1.82, 2.24) is 0 Å². The molecular formula is C24H25N3O5S4. The van der Waals surface area contributed by atoms with Crippen molar-refractivity contribution in [1.29, 1.82) is 5.41 Å². The minimum atomic E-state index is -3.90. The Morgan fingerprint density at radius 2 is 1.89 bits per heavy atom. The number of thiophene rings is 1. The largest absolute Gasteiger partial charge is 0.481 e. The average molecular weight is 564 g/mol. The number of carboxylic acids is 1. The van der Waals surface area contributed by atoms with Crippen LogP contribution in [0.4, 0.5) is 5.69 Å². The number of thioether (sulfide) groups is 2. The molecule has 0 aliphatic carbocycles. The molecule has 0 fully saturated rings. The summed E-state index contributed by atoms with van der Waals surface area (Å²) in [5.74, 6) is -0.950. The highest BCUT2D eigenvalue weighted by Crippen LogP contribution is 2.38. The number of carbonyl (C=O) groups excluding carboxylic acids is 1. The number of sulfone groups is 1. The van der Waals surface area contributed by atoms with E-state index in [2.05, 4.69) is 5.32 Å². The summed E-state index contributed by atoms with van der Waals surface area (Å²) in [6.07, 6.45) is 1.75. The van der Waals surface area contributed by atoms with Gasteiger partial charge < -0.3 is 16.2 Å². The lowest BCUT2D eigenvalue weighted by atomic mass is 9.98. The van der Waals surface area contributed by atoms with Crippen LogP contribution in [0.3, 0.4) is 0 Å². The summed E-state index contributed by atoms with van der Waals surface area (Å²) < 4.78 is 27.6. The Hall–Kier alpha value is -2.80. The molecule has 0 saturated carbocycles. The van der Waals surface area contributed by atoms with Crippen molar-refractivity contribution < 1.29 is 23.1 Å². The van der Waals surface area contributed by atoms with E-state index in [1.807, 2.05) is 13.0 Å². The lowest BCUT2D eigenvalue weighted by molar-refractivity contribution is -0.136. The van der Waals surface area contributed by atoms with Crippen LogP contribution in [-0.2, 0) is 19.4 Å². The van der Waals surface area contributed by atoms with Gasteiger partial charge in [-0.05, 0) is 48.6 Å². The first-order valence-electron chi connectivity index (χ1n) is 10.6. The molecule has 3 aromatic rings. The first kappa shape index (κ1) is 27.8. The highest BCUT2D eigenvalue weighted by atomic mass is 32.2. The molecule has 1 aromatic heterocycles. The number of nitrogens with two attached hydrogens (primary N) is 1. The van der Waals surface area contributed by atoms with Gasteiger partial charge in [0.15, 0.2) is 0 Å². The molecule has 5 N–H and O–H groups in total. The Bertz CT molecular complexity index is 1420. The van der Waals surface area contributed by atoms with Gasteiger partial charge >= 0.3 is 5.97 Å². The zero-order chi connectivity index (χ0) is 26.5. The van der Waals surface area contributed by atoms with Crippen molar-refractivity contribution in [2.75, 3.05) is 23.1 Å². The summed E-state index contributed by atoms with van der Waals surface area (Å²) >= 11 is 3.67. The van der Waals surface area contributed by atoms with Crippen LogP contribution in [0.15, 0.2) is 62.5 Å². The first-order chi connectivity index (χ1) is 17.0. The number of carbonyl (C=O) groups is 2. The number of nitrogens with one attached hydrogen (secondary N) is 2. The van der Waals surface area contributed by atoms with Crippen LogP contribution < -0.4 is 11.1 Å². The highest BCUT2D eigenvalue weighted by molar-refractivity contribution is 8.01. The van der Waals surface area contributed by atoms with Crippen LogP contribution in [0.1, 0.15) is 16.9 Å². The molecular weight excluding hydrogens is 539 g/mol. The quantitative estimate of drug-likeness (QED) is 0.113. The fraction of sp³-hybridized carbons (Fsp3) is 0.208. The molecule has 0 spiro atoms. The van der Waals surface area contributed by atoms with Gasteiger partial charge in [0.1, 0.15) is 5.84 Å². The van der Waals surface area contributed by atoms with Gasteiger partial charge in [-0.2, -0.15) is 11.8 Å². The van der Waals surface area contributed by atoms with E-state index >= 15 is 0 Å². The first-order valence-corrected chi connectivity index (χ1v) is 15.3. The normalized spacial score (nSPS) is 11.3. The Morgan fingerprint density at radius 1 is 1.17 bits per heavy atom. The van der Waals surface area contributed by atoms with E-state index in [-0.39, 0.29) is 33.7 Å². The predicted molar refractivity (Wildman–Crippen MR) is 147 cm³/mol. The minimum absolute atomic E-state index is 0.0226. The third kappa shape index (κ3) is 6.49. The maximum absolute atomic E-state index is 13.5. The van der Waals surface area contributed by atoms with Crippen molar-refractivity contribution in [3.05, 3.63) is 59.0 Å². The molecule has 0 bridgehead atoms. The molecule has 0 unspecified atom stereocenters. The molecule has 0 atom stereocenters. The molecule has 3 rings (SSSR count). The molecule has 0 aliphatic heterocycles. The van der Waals surface area contributed by atoms with Crippen LogP contribution in [0.2, 0.25) is 0 Å². The summed E-state index contributed by atoms with van der Waals surface area (Å²) in [6.45, 7) is 1.87. The average Bonchev–Trinajstić information content (AvgIpc) is 3.28. The number of anilines is 1. The molecule has 36 heavy (non-hydrogen) atoms. The maximum atomic E-state index is 13.5. The Balaban J connectivity index is 1.95. The highest BCUT2D eigenvalue weighted by Gasteiger charge is 2.25. The fourth-order valence-corrected chi connectivity index (χ4v) is 8.06. The number of carboxylic acid groups (broad SMARTS) is 1. The van der Waals surface area contributed by atoms with Crippen LogP contribution in [0.25, 0.3) is 11.1 Å². The monoisotopic (exact) mass is 563 g/mol. The van der Waals surface area contributed by atoms with Crippen molar-refractivity contribution in [2.24, 2.45) is 5.73 Å². The van der Waals surface area contributed by atoms with Gasteiger partial charge in [-0.3, -0.25) is 15.0 Å². The van der Waals surface area contributed by atoms with Crippen molar-refractivity contribution in [3.8, 4) is 11.1 Å². The van der Waals surface area contributed by atoms with Crippen molar-refractivity contribution in [3.63, 3.8) is 0 Å². The molecule has 8 nitrogen and oxygen atoms in total. The van der Waals surface area contributed by atoms with E-state index in [1.165, 1.54) is 35.7 Å². The number of nitrogen functional groups attached to an aromatic ring is 1. The standard InChI is InChI=1S/C24H25N3O5S4/c1-14-5-3-8-17(27-20(28)13-34-10-9-21(29)30)22(14)15-6-4-7-16(11-15)36(31,32)19-12-18(23(25)26)35-24(19)33-2/h3-8,11-12H,9-10,13H2,1-2H3,(H3,25,26)(H,27,28)(H,29,30). The third-order valence-electron chi connectivity index (χ3n) is 5.08. The smallest absolute Gasteiger partial charge is 0.304 e. The molecule has 0 radical (unpaired) electrons. The Labute approximate surface area is 222 Å². The second-order valence-corrected chi connectivity index (χ2v) is 12.8. The molecule has 1 heterocycles. The van der Waals surface area contributed by atoms with E-state index in [1.54, 1.807) is 36.6 Å². The van der Waals surface area contributed by atoms with Gasteiger partial charge in [-0.1, -0.05) is 24.3 Å². The molecule has 2 aromatic carbocycles. The summed E-state index contributed by atoms with van der Waals surface area (Å²) in [7, 11) is -3.90. The number of amides is 1. The number of benzene rings is 2. The summed E-state index contributed by atoms with van der Waals surface area (Å²) in [6, 6.07) is 13.4. The predicted octanol–water partition coefficient (Wildman–Crippen LogP) is 4.71. The number of hydrogen-bond acceptors (Lipinski definition) is 8. The molecule has 1 amide bonds. The van der Waals surface area contributed by atoms with Gasteiger partial charge in [0.25, 0.3) is 0 Å². The van der Waals surface area contributed by atoms with E-state index in [9.17, 15) is 18.0 Å². The molecule has 0 saturated heterocycles.